The van der Waals surface area contributed by atoms with E-state index in [1.807, 2.05) is 6.07 Å². The van der Waals surface area contributed by atoms with Crippen molar-refractivity contribution in [1.82, 2.24) is 0 Å². The number of rotatable bonds is 4. The van der Waals surface area contributed by atoms with E-state index in [4.69, 9.17) is 23.2 Å². The predicted molar refractivity (Wildman–Crippen MR) is 78.8 cm³/mol. The molecule has 4 heteroatoms. The van der Waals surface area contributed by atoms with Crippen molar-refractivity contribution < 1.29 is 5.11 Å². The Kier molecular flexibility index (Phi) is 4.68. The largest absolute Gasteiger partial charge is 0.388 e. The molecule has 2 rings (SSSR count). The summed E-state index contributed by atoms with van der Waals surface area (Å²) in [4.78, 5) is 2.49. The van der Waals surface area contributed by atoms with E-state index >= 15 is 0 Å². The van der Waals surface area contributed by atoms with Gasteiger partial charge in [0.25, 0.3) is 0 Å². The van der Waals surface area contributed by atoms with Gasteiger partial charge in [-0.2, -0.15) is 0 Å². The van der Waals surface area contributed by atoms with Gasteiger partial charge in [-0.3, -0.25) is 0 Å². The summed E-state index contributed by atoms with van der Waals surface area (Å²) in [6.07, 6.45) is 0.989. The van der Waals surface area contributed by atoms with Crippen molar-refractivity contribution in [3.8, 4) is 0 Å². The van der Waals surface area contributed by atoms with Crippen LogP contribution in [0.1, 0.15) is 28.3 Å². The Morgan fingerprint density at radius 1 is 1.17 bits per heavy atom. The molecule has 0 fully saturated rings. The van der Waals surface area contributed by atoms with Crippen molar-refractivity contribution in [3.05, 3.63) is 55.7 Å². The molecule has 0 aliphatic heterocycles. The summed E-state index contributed by atoms with van der Waals surface area (Å²) in [6, 6.07) is 9.50. The first-order valence-corrected chi connectivity index (χ1v) is 7.38. The van der Waals surface area contributed by atoms with Crippen LogP contribution in [0, 0.1) is 0 Å². The van der Waals surface area contributed by atoms with E-state index in [9.17, 15) is 5.11 Å². The lowest BCUT2D eigenvalue weighted by molar-refractivity contribution is 0.179. The third kappa shape index (κ3) is 3.07. The molecule has 0 radical (unpaired) electrons. The van der Waals surface area contributed by atoms with E-state index < -0.39 is 6.10 Å². The molecule has 0 amide bonds. The quantitative estimate of drug-likeness (QED) is 0.852. The monoisotopic (exact) mass is 300 g/mol. The summed E-state index contributed by atoms with van der Waals surface area (Å²) in [5.74, 6) is 0. The fourth-order valence-electron chi connectivity index (χ4n) is 1.80. The molecule has 96 valence electrons. The maximum Gasteiger partial charge on any atom is 0.0853 e. The number of thiophene rings is 1. The Bertz CT molecular complexity index is 536. The number of hydrogen-bond acceptors (Lipinski definition) is 2. The second kappa shape index (κ2) is 6.07. The molecular weight excluding hydrogens is 287 g/mol. The Balaban J connectivity index is 2.16. The van der Waals surface area contributed by atoms with Gasteiger partial charge in [-0.25, -0.2) is 0 Å². The van der Waals surface area contributed by atoms with Crippen LogP contribution in [-0.4, -0.2) is 5.11 Å². The molecule has 0 spiro atoms. The summed E-state index contributed by atoms with van der Waals surface area (Å²) in [5, 5.41) is 11.1. The lowest BCUT2D eigenvalue weighted by atomic mass is 10.1. The normalized spacial score (nSPS) is 12.7. The minimum Gasteiger partial charge on any atom is -0.388 e. The molecule has 1 aromatic carbocycles. The molecule has 1 nitrogen and oxygen atoms in total. The van der Waals surface area contributed by atoms with Gasteiger partial charge in [0.2, 0.25) is 0 Å². The molecule has 1 atom stereocenters. The van der Waals surface area contributed by atoms with Gasteiger partial charge in [-0.1, -0.05) is 42.3 Å². The first-order valence-electron chi connectivity index (χ1n) is 5.81. The maximum absolute atomic E-state index is 10.2. The molecule has 18 heavy (non-hydrogen) atoms. The Morgan fingerprint density at radius 3 is 2.56 bits per heavy atom. The van der Waals surface area contributed by atoms with Crippen LogP contribution in [0.3, 0.4) is 0 Å². The lowest BCUT2D eigenvalue weighted by Crippen LogP contribution is -2.01. The highest BCUT2D eigenvalue weighted by atomic mass is 35.5. The molecule has 0 aliphatic rings. The summed E-state index contributed by atoms with van der Waals surface area (Å²) in [5.41, 5.74) is 0.690. The van der Waals surface area contributed by atoms with Gasteiger partial charge in [0.05, 0.1) is 16.1 Å². The number of halogens is 2. The highest BCUT2D eigenvalue weighted by molar-refractivity contribution is 7.11. The molecule has 1 aromatic heterocycles. The fraction of sp³-hybridized carbons (Fsp3) is 0.286. The molecule has 1 N–H and O–H groups in total. The lowest BCUT2D eigenvalue weighted by Gasteiger charge is -2.12. The van der Waals surface area contributed by atoms with E-state index in [2.05, 4.69) is 19.1 Å². The topological polar surface area (TPSA) is 20.2 Å². The first kappa shape index (κ1) is 13.9. The van der Waals surface area contributed by atoms with Crippen LogP contribution in [0.15, 0.2) is 30.3 Å². The first-order chi connectivity index (χ1) is 8.61. The van der Waals surface area contributed by atoms with Gasteiger partial charge in [0, 0.05) is 21.7 Å². The van der Waals surface area contributed by atoms with Crippen LogP contribution < -0.4 is 0 Å². The second-order valence-electron chi connectivity index (χ2n) is 4.08. The number of hydrogen-bond donors (Lipinski definition) is 1. The van der Waals surface area contributed by atoms with E-state index in [0.29, 0.717) is 22.0 Å². The third-order valence-corrected chi connectivity index (χ3v) is 4.89. The summed E-state index contributed by atoms with van der Waals surface area (Å²) >= 11 is 13.8. The van der Waals surface area contributed by atoms with Crippen molar-refractivity contribution in [2.45, 2.75) is 25.9 Å². The molecule has 0 aliphatic carbocycles. The maximum atomic E-state index is 10.2. The summed E-state index contributed by atoms with van der Waals surface area (Å²) < 4.78 is 0. The van der Waals surface area contributed by atoms with Gasteiger partial charge in [-0.15, -0.1) is 11.3 Å². The van der Waals surface area contributed by atoms with E-state index in [-0.39, 0.29) is 0 Å². The molecule has 1 unspecified atom stereocenters. The third-order valence-electron chi connectivity index (χ3n) is 2.80. The molecule has 0 saturated heterocycles. The standard InChI is InChI=1S/C14H14Cl2OS/c1-2-9-6-7-10(18-9)8-13(17)11-4-3-5-12(15)14(11)16/h3-7,13,17H,2,8H2,1H3. The SMILES string of the molecule is CCc1ccc(CC(O)c2cccc(Cl)c2Cl)s1. The Labute approximate surface area is 121 Å². The van der Waals surface area contributed by atoms with Gasteiger partial charge in [0.1, 0.15) is 0 Å². The molecular formula is C14H14Cl2OS. The zero-order valence-corrected chi connectivity index (χ0v) is 12.3. The van der Waals surface area contributed by atoms with Crippen molar-refractivity contribution in [1.29, 1.82) is 0 Å². The smallest absolute Gasteiger partial charge is 0.0853 e. The van der Waals surface area contributed by atoms with Crippen molar-refractivity contribution >= 4 is 34.5 Å². The molecule has 1 heterocycles. The Hall–Kier alpha value is -0.540. The van der Waals surface area contributed by atoms with Crippen molar-refractivity contribution in [2.24, 2.45) is 0 Å². The molecule has 0 saturated carbocycles. The summed E-state index contributed by atoms with van der Waals surface area (Å²) in [6.45, 7) is 2.12. The zero-order chi connectivity index (χ0) is 13.1. The number of aliphatic hydroxyl groups is 1. The number of benzene rings is 1. The highest BCUT2D eigenvalue weighted by Crippen LogP contribution is 2.32. The van der Waals surface area contributed by atoms with Gasteiger partial charge >= 0.3 is 0 Å². The average Bonchev–Trinajstić information content (AvgIpc) is 2.80. The minimum absolute atomic E-state index is 0.443. The molecule has 0 bridgehead atoms. The van der Waals surface area contributed by atoms with E-state index in [1.165, 1.54) is 4.88 Å². The zero-order valence-electron chi connectivity index (χ0n) is 9.99. The Morgan fingerprint density at radius 2 is 1.89 bits per heavy atom. The average molecular weight is 301 g/mol. The van der Waals surface area contributed by atoms with Crippen molar-refractivity contribution in [3.63, 3.8) is 0 Å². The highest BCUT2D eigenvalue weighted by Gasteiger charge is 2.15. The van der Waals surface area contributed by atoms with Gasteiger partial charge < -0.3 is 5.11 Å². The van der Waals surface area contributed by atoms with Crippen LogP contribution in [0.5, 0.6) is 0 Å². The van der Waals surface area contributed by atoms with Crippen LogP contribution in [0.4, 0.5) is 0 Å². The van der Waals surface area contributed by atoms with Crippen molar-refractivity contribution in [2.75, 3.05) is 0 Å². The minimum atomic E-state index is -0.612. The second-order valence-corrected chi connectivity index (χ2v) is 6.12. The number of aryl methyl sites for hydroxylation is 1. The fourth-order valence-corrected chi connectivity index (χ4v) is 3.23. The number of aliphatic hydroxyl groups excluding tert-OH is 1. The van der Waals surface area contributed by atoms with Crippen LogP contribution in [0.25, 0.3) is 0 Å². The van der Waals surface area contributed by atoms with E-state index in [1.54, 1.807) is 23.5 Å². The van der Waals surface area contributed by atoms with Crippen LogP contribution in [0.2, 0.25) is 10.0 Å². The van der Waals surface area contributed by atoms with Gasteiger partial charge in [0.15, 0.2) is 0 Å². The summed E-state index contributed by atoms with van der Waals surface area (Å²) in [7, 11) is 0. The van der Waals surface area contributed by atoms with Crippen LogP contribution >= 0.6 is 34.5 Å². The van der Waals surface area contributed by atoms with E-state index in [0.717, 1.165) is 11.3 Å². The predicted octanol–water partition coefficient (Wildman–Crippen LogP) is 4.89. The molecule has 2 aromatic rings. The van der Waals surface area contributed by atoms with Crippen LogP contribution in [-0.2, 0) is 12.8 Å². The van der Waals surface area contributed by atoms with Gasteiger partial charge in [-0.05, 0) is 24.6 Å².